The topological polar surface area (TPSA) is 56.1 Å². The summed E-state index contributed by atoms with van der Waals surface area (Å²) in [5, 5.41) is 8.66. The standard InChI is InChI=1S/C22H21N3O2S/c1-15-18-12-20(21(26)23-13-17-10-6-7-11-19(17)27-2)28-22(18)25(24-15)14-16-8-4-3-5-9-16/h3-12H,13-14H2,1-2H3,(H,23,26). The molecule has 4 rings (SSSR count). The molecule has 0 aliphatic rings. The van der Waals surface area contributed by atoms with Gasteiger partial charge in [0.15, 0.2) is 0 Å². The van der Waals surface area contributed by atoms with Gasteiger partial charge in [0.05, 0.1) is 24.2 Å². The Morgan fingerprint density at radius 3 is 2.68 bits per heavy atom. The van der Waals surface area contributed by atoms with E-state index in [9.17, 15) is 4.79 Å². The average molecular weight is 391 g/mol. The molecule has 0 saturated heterocycles. The molecule has 0 spiro atoms. The Labute approximate surface area is 167 Å². The Bertz CT molecular complexity index is 1120. The van der Waals surface area contributed by atoms with Gasteiger partial charge in [-0.15, -0.1) is 11.3 Å². The van der Waals surface area contributed by atoms with Crippen LogP contribution in [-0.2, 0) is 13.1 Å². The first-order valence-electron chi connectivity index (χ1n) is 9.06. The van der Waals surface area contributed by atoms with E-state index in [1.165, 1.54) is 16.9 Å². The maximum absolute atomic E-state index is 12.7. The summed E-state index contributed by atoms with van der Waals surface area (Å²) in [6.07, 6.45) is 0. The highest BCUT2D eigenvalue weighted by atomic mass is 32.1. The first-order valence-corrected chi connectivity index (χ1v) is 9.88. The fraction of sp³-hybridized carbons (Fsp3) is 0.182. The molecule has 0 bridgehead atoms. The fourth-order valence-electron chi connectivity index (χ4n) is 3.20. The number of hydrogen-bond acceptors (Lipinski definition) is 4. The zero-order valence-electron chi connectivity index (χ0n) is 15.8. The van der Waals surface area contributed by atoms with Gasteiger partial charge >= 0.3 is 0 Å². The molecule has 2 heterocycles. The molecule has 5 nitrogen and oxygen atoms in total. The Hall–Kier alpha value is -3.12. The van der Waals surface area contributed by atoms with Crippen LogP contribution in [-0.4, -0.2) is 22.8 Å². The van der Waals surface area contributed by atoms with Crippen LogP contribution >= 0.6 is 11.3 Å². The Morgan fingerprint density at radius 1 is 1.14 bits per heavy atom. The average Bonchev–Trinajstić information content (AvgIpc) is 3.28. The van der Waals surface area contributed by atoms with Crippen LogP contribution in [0.1, 0.15) is 26.5 Å². The molecular formula is C22H21N3O2S. The molecule has 0 aliphatic carbocycles. The SMILES string of the molecule is COc1ccccc1CNC(=O)c1cc2c(C)nn(Cc3ccccc3)c2s1. The minimum Gasteiger partial charge on any atom is -0.496 e. The van der Waals surface area contributed by atoms with Crippen molar-refractivity contribution in [3.05, 3.63) is 82.4 Å². The minimum absolute atomic E-state index is 0.0854. The molecule has 0 saturated carbocycles. The number of thiophene rings is 1. The number of ether oxygens (including phenoxy) is 1. The number of para-hydroxylation sites is 1. The number of carbonyl (C=O) groups excluding carboxylic acids is 1. The molecule has 0 fully saturated rings. The number of nitrogens with one attached hydrogen (secondary N) is 1. The van der Waals surface area contributed by atoms with Crippen molar-refractivity contribution in [2.24, 2.45) is 0 Å². The Kier molecular flexibility index (Phi) is 5.12. The molecule has 0 aliphatic heterocycles. The van der Waals surface area contributed by atoms with E-state index in [1.54, 1.807) is 7.11 Å². The summed E-state index contributed by atoms with van der Waals surface area (Å²) in [4.78, 5) is 14.4. The zero-order chi connectivity index (χ0) is 19.5. The van der Waals surface area contributed by atoms with Crippen molar-refractivity contribution in [3.8, 4) is 5.75 Å². The normalized spacial score (nSPS) is 10.9. The summed E-state index contributed by atoms with van der Waals surface area (Å²) in [5.41, 5.74) is 3.07. The summed E-state index contributed by atoms with van der Waals surface area (Å²) in [5.74, 6) is 0.686. The lowest BCUT2D eigenvalue weighted by Crippen LogP contribution is -2.22. The van der Waals surface area contributed by atoms with Gasteiger partial charge in [-0.1, -0.05) is 48.5 Å². The van der Waals surface area contributed by atoms with Gasteiger partial charge < -0.3 is 10.1 Å². The predicted molar refractivity (Wildman–Crippen MR) is 112 cm³/mol. The van der Waals surface area contributed by atoms with E-state index in [0.717, 1.165) is 27.2 Å². The van der Waals surface area contributed by atoms with E-state index in [2.05, 4.69) is 22.5 Å². The molecule has 0 atom stereocenters. The molecule has 28 heavy (non-hydrogen) atoms. The van der Waals surface area contributed by atoms with Crippen LogP contribution in [0.3, 0.4) is 0 Å². The second-order valence-electron chi connectivity index (χ2n) is 6.55. The molecular weight excluding hydrogens is 370 g/mol. The number of fused-ring (bicyclic) bond motifs is 1. The van der Waals surface area contributed by atoms with Crippen LogP contribution in [0.15, 0.2) is 60.7 Å². The van der Waals surface area contributed by atoms with Crippen molar-refractivity contribution in [1.29, 1.82) is 0 Å². The molecule has 2 aromatic carbocycles. The van der Waals surface area contributed by atoms with Crippen LogP contribution < -0.4 is 10.1 Å². The highest BCUT2D eigenvalue weighted by Gasteiger charge is 2.16. The van der Waals surface area contributed by atoms with E-state index in [1.807, 2.05) is 60.1 Å². The number of aromatic nitrogens is 2. The quantitative estimate of drug-likeness (QED) is 0.530. The maximum atomic E-state index is 12.7. The monoisotopic (exact) mass is 391 g/mol. The molecule has 0 radical (unpaired) electrons. The lowest BCUT2D eigenvalue weighted by atomic mass is 10.2. The predicted octanol–water partition coefficient (Wildman–Crippen LogP) is 4.39. The summed E-state index contributed by atoms with van der Waals surface area (Å²) in [7, 11) is 1.63. The summed E-state index contributed by atoms with van der Waals surface area (Å²) < 4.78 is 7.32. The van der Waals surface area contributed by atoms with E-state index < -0.39 is 0 Å². The van der Waals surface area contributed by atoms with Crippen molar-refractivity contribution in [3.63, 3.8) is 0 Å². The number of nitrogens with zero attached hydrogens (tertiary/aromatic N) is 2. The summed E-state index contributed by atoms with van der Waals surface area (Å²) >= 11 is 1.47. The smallest absolute Gasteiger partial charge is 0.261 e. The van der Waals surface area contributed by atoms with E-state index >= 15 is 0 Å². The lowest BCUT2D eigenvalue weighted by molar-refractivity contribution is 0.0955. The van der Waals surface area contributed by atoms with Crippen molar-refractivity contribution < 1.29 is 9.53 Å². The zero-order valence-corrected chi connectivity index (χ0v) is 16.6. The van der Waals surface area contributed by atoms with Crippen molar-refractivity contribution in [2.75, 3.05) is 7.11 Å². The van der Waals surface area contributed by atoms with Gasteiger partial charge in [-0.05, 0) is 24.6 Å². The van der Waals surface area contributed by atoms with Crippen LogP contribution in [0, 0.1) is 6.92 Å². The first-order chi connectivity index (χ1) is 13.7. The third-order valence-electron chi connectivity index (χ3n) is 4.64. The van der Waals surface area contributed by atoms with Crippen LogP contribution in [0.25, 0.3) is 10.2 Å². The van der Waals surface area contributed by atoms with Crippen molar-refractivity contribution in [1.82, 2.24) is 15.1 Å². The summed E-state index contributed by atoms with van der Waals surface area (Å²) in [6.45, 7) is 3.09. The minimum atomic E-state index is -0.0854. The summed E-state index contributed by atoms with van der Waals surface area (Å²) in [6, 6.07) is 19.8. The van der Waals surface area contributed by atoms with Gasteiger partial charge in [-0.2, -0.15) is 5.10 Å². The largest absolute Gasteiger partial charge is 0.496 e. The van der Waals surface area contributed by atoms with Crippen LogP contribution in [0.4, 0.5) is 0 Å². The molecule has 6 heteroatoms. The number of amides is 1. The van der Waals surface area contributed by atoms with Crippen LogP contribution in [0.5, 0.6) is 5.75 Å². The lowest BCUT2D eigenvalue weighted by Gasteiger charge is -2.08. The second kappa shape index (κ2) is 7.86. The third kappa shape index (κ3) is 3.64. The van der Waals surface area contributed by atoms with E-state index in [4.69, 9.17) is 4.74 Å². The van der Waals surface area contributed by atoms with Gasteiger partial charge in [0.1, 0.15) is 10.6 Å². The van der Waals surface area contributed by atoms with Gasteiger partial charge in [-0.3, -0.25) is 9.48 Å². The Balaban J connectivity index is 1.54. The number of aryl methyl sites for hydroxylation is 1. The fourth-order valence-corrected chi connectivity index (χ4v) is 4.28. The van der Waals surface area contributed by atoms with Gasteiger partial charge in [0.25, 0.3) is 5.91 Å². The highest BCUT2D eigenvalue weighted by Crippen LogP contribution is 2.29. The molecule has 1 N–H and O–H groups in total. The number of methoxy groups -OCH3 is 1. The van der Waals surface area contributed by atoms with E-state index in [0.29, 0.717) is 18.0 Å². The molecule has 1 amide bonds. The number of benzene rings is 2. The van der Waals surface area contributed by atoms with Crippen molar-refractivity contribution in [2.45, 2.75) is 20.0 Å². The molecule has 4 aromatic rings. The number of rotatable bonds is 6. The molecule has 2 aromatic heterocycles. The van der Waals surface area contributed by atoms with E-state index in [-0.39, 0.29) is 5.91 Å². The van der Waals surface area contributed by atoms with Gasteiger partial charge in [0.2, 0.25) is 0 Å². The second-order valence-corrected chi connectivity index (χ2v) is 7.58. The number of carbonyl (C=O) groups is 1. The van der Waals surface area contributed by atoms with Crippen molar-refractivity contribution >= 4 is 27.5 Å². The highest BCUT2D eigenvalue weighted by molar-refractivity contribution is 7.20. The third-order valence-corrected chi connectivity index (χ3v) is 5.79. The molecule has 142 valence electrons. The van der Waals surface area contributed by atoms with Crippen LogP contribution in [0.2, 0.25) is 0 Å². The number of hydrogen-bond donors (Lipinski definition) is 1. The Morgan fingerprint density at radius 2 is 1.89 bits per heavy atom. The maximum Gasteiger partial charge on any atom is 0.261 e. The van der Waals surface area contributed by atoms with Gasteiger partial charge in [0, 0.05) is 17.5 Å². The molecule has 0 unspecified atom stereocenters. The van der Waals surface area contributed by atoms with Gasteiger partial charge in [-0.25, -0.2) is 0 Å². The first kappa shape index (κ1) is 18.3.